The first kappa shape index (κ1) is 10.1. The first-order chi connectivity index (χ1) is 6.08. The molecule has 0 amide bonds. The Hall–Kier alpha value is -1.03. The van der Waals surface area contributed by atoms with Crippen LogP contribution in [0, 0.1) is 0 Å². The van der Waals surface area contributed by atoms with Gasteiger partial charge < -0.3 is 5.32 Å². The van der Waals surface area contributed by atoms with Crippen LogP contribution in [0.4, 0.5) is 13.2 Å². The number of hydrogen-bond acceptors (Lipinski definition) is 0. The summed E-state index contributed by atoms with van der Waals surface area (Å²) < 4.78 is 35.2. The van der Waals surface area contributed by atoms with Gasteiger partial charge in [-0.25, -0.2) is 0 Å². The summed E-state index contributed by atoms with van der Waals surface area (Å²) in [4.78, 5) is 0. The van der Waals surface area contributed by atoms with Crippen LogP contribution in [0.1, 0.15) is 5.56 Å². The van der Waals surface area contributed by atoms with E-state index in [2.05, 4.69) is 0 Å². The van der Waals surface area contributed by atoms with Gasteiger partial charge in [0.05, 0.1) is 0 Å². The van der Waals surface area contributed by atoms with E-state index in [0.717, 1.165) is 5.56 Å². The Labute approximate surface area is 74.6 Å². The molecule has 1 nitrogen and oxygen atoms in total. The molecular formula is C9H11F3N+. The summed E-state index contributed by atoms with van der Waals surface area (Å²) in [6, 6.07) is 9.10. The monoisotopic (exact) mass is 190 g/mol. The molecule has 1 aromatic carbocycles. The molecule has 1 aromatic rings. The largest absolute Gasteiger partial charge is 0.438 e. The van der Waals surface area contributed by atoms with Gasteiger partial charge in [0.25, 0.3) is 0 Å². The lowest BCUT2D eigenvalue weighted by Crippen LogP contribution is -2.85. The van der Waals surface area contributed by atoms with E-state index in [9.17, 15) is 13.2 Å². The number of nitrogens with two attached hydrogens (primary N) is 1. The maximum Gasteiger partial charge on any atom is 0.438 e. The fraction of sp³-hybridized carbons (Fsp3) is 0.333. The van der Waals surface area contributed by atoms with Gasteiger partial charge in [-0.05, 0) is 0 Å². The lowest BCUT2D eigenvalue weighted by atomic mass is 10.2. The number of benzene rings is 1. The topological polar surface area (TPSA) is 16.6 Å². The molecule has 0 aliphatic carbocycles. The van der Waals surface area contributed by atoms with Crippen LogP contribution in [0.3, 0.4) is 0 Å². The summed E-state index contributed by atoms with van der Waals surface area (Å²) >= 11 is 0. The van der Waals surface area contributed by atoms with Crippen LogP contribution in [-0.2, 0) is 6.54 Å². The van der Waals surface area contributed by atoms with Gasteiger partial charge >= 0.3 is 6.18 Å². The van der Waals surface area contributed by atoms with E-state index in [1.165, 1.54) is 5.32 Å². The third-order valence-corrected chi connectivity index (χ3v) is 1.60. The minimum atomic E-state index is -4.07. The van der Waals surface area contributed by atoms with Gasteiger partial charge in [0, 0.05) is 5.56 Å². The van der Waals surface area contributed by atoms with Gasteiger partial charge in [-0.15, -0.1) is 0 Å². The molecule has 0 radical (unpaired) electrons. The highest BCUT2D eigenvalue weighted by Gasteiger charge is 2.29. The molecule has 1 rings (SSSR count). The molecule has 2 N–H and O–H groups in total. The van der Waals surface area contributed by atoms with E-state index in [-0.39, 0.29) is 0 Å². The molecule has 0 aliphatic heterocycles. The predicted molar refractivity (Wildman–Crippen MR) is 43.0 cm³/mol. The van der Waals surface area contributed by atoms with E-state index in [1.54, 1.807) is 0 Å². The maximum atomic E-state index is 11.7. The summed E-state index contributed by atoms with van der Waals surface area (Å²) in [5.41, 5.74) is 0.909. The molecule has 0 saturated carbocycles. The minimum absolute atomic E-state index is 0.375. The lowest BCUT2D eigenvalue weighted by Gasteiger charge is -2.04. The van der Waals surface area contributed by atoms with Gasteiger partial charge in [-0.3, -0.25) is 0 Å². The zero-order chi connectivity index (χ0) is 9.73. The van der Waals surface area contributed by atoms with E-state index >= 15 is 0 Å². The van der Waals surface area contributed by atoms with Crippen LogP contribution in [-0.4, -0.2) is 12.7 Å². The molecule has 13 heavy (non-hydrogen) atoms. The number of halogens is 3. The van der Waals surface area contributed by atoms with E-state index in [4.69, 9.17) is 0 Å². The zero-order valence-corrected chi connectivity index (χ0v) is 7.01. The first-order valence-electron chi connectivity index (χ1n) is 4.00. The highest BCUT2D eigenvalue weighted by Crippen LogP contribution is 2.10. The number of rotatable bonds is 3. The molecule has 0 aliphatic rings. The van der Waals surface area contributed by atoms with Crippen molar-refractivity contribution in [2.75, 3.05) is 6.54 Å². The Bertz CT molecular complexity index is 243. The van der Waals surface area contributed by atoms with Crippen LogP contribution in [0.25, 0.3) is 0 Å². The van der Waals surface area contributed by atoms with Gasteiger partial charge in [0.15, 0.2) is 6.54 Å². The Morgan fingerprint density at radius 1 is 1.08 bits per heavy atom. The highest BCUT2D eigenvalue weighted by molar-refractivity contribution is 5.12. The molecule has 0 atom stereocenters. The van der Waals surface area contributed by atoms with Crippen molar-refractivity contribution in [1.82, 2.24) is 0 Å². The molecule has 0 spiro atoms. The third kappa shape index (κ3) is 4.52. The normalized spacial score (nSPS) is 11.6. The third-order valence-electron chi connectivity index (χ3n) is 1.60. The summed E-state index contributed by atoms with van der Waals surface area (Å²) in [6.45, 7) is -0.442. The van der Waals surface area contributed by atoms with Crippen LogP contribution < -0.4 is 5.32 Å². The van der Waals surface area contributed by atoms with Crippen LogP contribution in [0.2, 0.25) is 0 Å². The molecule has 0 heterocycles. The van der Waals surface area contributed by atoms with Crippen LogP contribution in [0.15, 0.2) is 30.3 Å². The van der Waals surface area contributed by atoms with Crippen molar-refractivity contribution in [1.29, 1.82) is 0 Å². The van der Waals surface area contributed by atoms with Crippen molar-refractivity contribution in [3.05, 3.63) is 35.9 Å². The fourth-order valence-electron chi connectivity index (χ4n) is 1.02. The van der Waals surface area contributed by atoms with E-state index in [1.807, 2.05) is 30.3 Å². The summed E-state index contributed by atoms with van der Waals surface area (Å²) in [6.07, 6.45) is -4.07. The smallest absolute Gasteiger partial charge is 0.335 e. The van der Waals surface area contributed by atoms with Crippen molar-refractivity contribution < 1.29 is 18.5 Å². The first-order valence-corrected chi connectivity index (χ1v) is 4.00. The van der Waals surface area contributed by atoms with Gasteiger partial charge in [-0.2, -0.15) is 13.2 Å². The Balaban J connectivity index is 2.29. The predicted octanol–water partition coefficient (Wildman–Crippen LogP) is 1.31. The molecule has 0 fully saturated rings. The van der Waals surface area contributed by atoms with Crippen LogP contribution in [0.5, 0.6) is 0 Å². The summed E-state index contributed by atoms with van der Waals surface area (Å²) in [5, 5.41) is 1.25. The second-order valence-electron chi connectivity index (χ2n) is 2.80. The summed E-state index contributed by atoms with van der Waals surface area (Å²) in [5.74, 6) is 0. The minimum Gasteiger partial charge on any atom is -0.335 e. The lowest BCUT2D eigenvalue weighted by molar-refractivity contribution is -0.690. The molecule has 0 saturated heterocycles. The Morgan fingerprint density at radius 3 is 2.23 bits per heavy atom. The number of alkyl halides is 3. The standard InChI is InChI=1S/C9H10F3N/c10-9(11,12)7-13-6-8-4-2-1-3-5-8/h1-5,13H,6-7H2/p+1. The Morgan fingerprint density at radius 2 is 1.69 bits per heavy atom. The molecular weight excluding hydrogens is 179 g/mol. The maximum absolute atomic E-state index is 11.7. The van der Waals surface area contributed by atoms with Crippen molar-refractivity contribution >= 4 is 0 Å². The van der Waals surface area contributed by atoms with E-state index < -0.39 is 12.7 Å². The number of hydrogen-bond donors (Lipinski definition) is 1. The highest BCUT2D eigenvalue weighted by atomic mass is 19.4. The molecule has 0 unspecified atom stereocenters. The van der Waals surface area contributed by atoms with E-state index in [0.29, 0.717) is 6.54 Å². The second kappa shape index (κ2) is 4.28. The molecule has 0 aromatic heterocycles. The Kier molecular flexibility index (Phi) is 3.31. The van der Waals surface area contributed by atoms with Gasteiger partial charge in [-0.1, -0.05) is 30.3 Å². The molecule has 4 heteroatoms. The van der Waals surface area contributed by atoms with Crippen molar-refractivity contribution in [3.8, 4) is 0 Å². The average molecular weight is 190 g/mol. The van der Waals surface area contributed by atoms with Crippen LogP contribution >= 0.6 is 0 Å². The van der Waals surface area contributed by atoms with Gasteiger partial charge in [0.2, 0.25) is 0 Å². The molecule has 72 valence electrons. The van der Waals surface area contributed by atoms with Crippen molar-refractivity contribution in [2.24, 2.45) is 0 Å². The SMILES string of the molecule is FC(F)(F)C[NH2+]Cc1ccccc1. The quantitative estimate of drug-likeness (QED) is 0.740. The van der Waals surface area contributed by atoms with Crippen molar-refractivity contribution in [3.63, 3.8) is 0 Å². The van der Waals surface area contributed by atoms with Gasteiger partial charge in [0.1, 0.15) is 6.54 Å². The van der Waals surface area contributed by atoms with Crippen molar-refractivity contribution in [2.45, 2.75) is 12.7 Å². The second-order valence-corrected chi connectivity index (χ2v) is 2.80. The average Bonchev–Trinajstić information content (AvgIpc) is 2.04. The zero-order valence-electron chi connectivity index (χ0n) is 7.01. The number of quaternary nitrogens is 1. The molecule has 0 bridgehead atoms. The summed E-state index contributed by atoms with van der Waals surface area (Å²) in [7, 11) is 0. The fourth-order valence-corrected chi connectivity index (χ4v) is 1.02.